The molecule has 0 aliphatic heterocycles. The summed E-state index contributed by atoms with van der Waals surface area (Å²) < 4.78 is 129. The Bertz CT molecular complexity index is 2140. The maximum atomic E-state index is 11.8. The summed E-state index contributed by atoms with van der Waals surface area (Å²) in [4.78, 5) is 4.46. The molecule has 0 radical (unpaired) electrons. The lowest BCUT2D eigenvalue weighted by Crippen LogP contribution is -2.31. The van der Waals surface area contributed by atoms with Gasteiger partial charge >= 0.3 is 0 Å². The van der Waals surface area contributed by atoms with Gasteiger partial charge in [-0.3, -0.25) is 4.55 Å². The molecule has 3 rings (SSSR count). The Balaban J connectivity index is 1.69. The van der Waals surface area contributed by atoms with E-state index in [1.54, 1.807) is 18.2 Å². The molecule has 26 nitrogen and oxygen atoms in total. The molecule has 0 aromatic heterocycles. The first-order valence-electron chi connectivity index (χ1n) is 35.3. The predicted octanol–water partition coefficient (Wildman–Crippen LogP) is 6.03. The molecule has 0 spiro atoms. The Kier molecular flexibility index (Phi) is 59.1. The van der Waals surface area contributed by atoms with Crippen molar-refractivity contribution < 1.29 is 114 Å². The molecule has 3 aromatic carbocycles. The molecule has 0 fully saturated rings. The zero-order chi connectivity index (χ0) is 70.0. The van der Waals surface area contributed by atoms with Gasteiger partial charge in [-0.15, -0.1) is 0 Å². The molecule has 0 bridgehead atoms. The van der Waals surface area contributed by atoms with Gasteiger partial charge in [-0.25, -0.2) is 0 Å². The van der Waals surface area contributed by atoms with Gasteiger partial charge in [0.25, 0.3) is 10.1 Å². The highest BCUT2D eigenvalue weighted by molar-refractivity contribution is 7.85. The predicted molar refractivity (Wildman–Crippen MR) is 373 cm³/mol. The van der Waals surface area contributed by atoms with Gasteiger partial charge in [-0.05, 0) is 59.9 Å². The Labute approximate surface area is 584 Å². The summed E-state index contributed by atoms with van der Waals surface area (Å²) in [5.41, 5.74) is 5.05. The number of anilines is 2. The third-order valence-electron chi connectivity index (χ3n) is 15.0. The fourth-order valence-corrected chi connectivity index (χ4v) is 10.7. The number of aliphatic hydroxyl groups excluding tert-OH is 4. The summed E-state index contributed by atoms with van der Waals surface area (Å²) in [7, 11) is -4.31. The molecule has 3 aromatic rings. The van der Waals surface area contributed by atoms with Gasteiger partial charge in [-0.2, -0.15) is 8.42 Å². The lowest BCUT2D eigenvalue weighted by Gasteiger charge is -2.27. The van der Waals surface area contributed by atoms with Crippen LogP contribution in [0.1, 0.15) is 86.8 Å². The number of hydrogen-bond donors (Lipinski definition) is 5. The molecule has 0 saturated carbocycles. The van der Waals surface area contributed by atoms with Crippen LogP contribution in [0, 0.1) is 0 Å². The summed E-state index contributed by atoms with van der Waals surface area (Å²) in [6, 6.07) is 24.2. The second-order valence-electron chi connectivity index (χ2n) is 22.5. The average Bonchev–Trinajstić information content (AvgIpc) is 0.847. The van der Waals surface area contributed by atoms with E-state index in [0.717, 1.165) is 75.6 Å². The molecule has 0 aliphatic carbocycles. The quantitative estimate of drug-likeness (QED) is 0.0318. The van der Waals surface area contributed by atoms with Crippen LogP contribution in [0.2, 0.25) is 0 Å². The molecule has 27 heteroatoms. The molecule has 0 atom stereocenters. The topological polar surface area (TPSA) is 299 Å². The lowest BCUT2D eigenvalue weighted by molar-refractivity contribution is -0.00592. The van der Waals surface area contributed by atoms with Gasteiger partial charge in [0.15, 0.2) is 0 Å². The molecule has 566 valence electrons. The minimum atomic E-state index is -4.31. The molecule has 0 unspecified atom stereocenters. The van der Waals surface area contributed by atoms with Crippen LogP contribution in [0.3, 0.4) is 0 Å². The van der Waals surface area contributed by atoms with Crippen LogP contribution in [0.25, 0.3) is 0 Å². The third kappa shape index (κ3) is 49.0. The third-order valence-corrected chi connectivity index (χ3v) is 16.0. The van der Waals surface area contributed by atoms with Crippen molar-refractivity contribution in [3.8, 4) is 0 Å². The highest BCUT2D eigenvalue weighted by atomic mass is 32.2. The van der Waals surface area contributed by atoms with Crippen molar-refractivity contribution in [2.75, 3.05) is 280 Å². The fourth-order valence-electron chi connectivity index (χ4n) is 9.95. The number of unbranched alkanes of at least 4 members (excludes halogenated alkanes) is 8. The molecule has 0 aliphatic rings. The second-order valence-corrected chi connectivity index (χ2v) is 23.9. The van der Waals surface area contributed by atoms with Gasteiger partial charge < -0.3 is 111 Å². The largest absolute Gasteiger partial charge is 0.394 e. The van der Waals surface area contributed by atoms with Crippen LogP contribution < -0.4 is 9.80 Å². The van der Waals surface area contributed by atoms with Gasteiger partial charge in [0.05, 0.1) is 249 Å². The van der Waals surface area contributed by atoms with Crippen LogP contribution in [-0.2, 0) is 97.3 Å². The van der Waals surface area contributed by atoms with Crippen molar-refractivity contribution in [3.63, 3.8) is 0 Å². The first-order chi connectivity index (χ1) is 48.3. The highest BCUT2D eigenvalue weighted by Gasteiger charge is 2.18. The van der Waals surface area contributed by atoms with Crippen molar-refractivity contribution in [2.24, 2.45) is 0 Å². The Morgan fingerprint density at radius 2 is 0.541 bits per heavy atom. The molecule has 5 N–H and O–H groups in total. The van der Waals surface area contributed by atoms with Crippen molar-refractivity contribution in [2.45, 2.75) is 81.6 Å². The van der Waals surface area contributed by atoms with Crippen molar-refractivity contribution >= 4 is 21.5 Å². The minimum absolute atomic E-state index is 0.0141. The number of ether oxygens (including phenoxy) is 17. The maximum Gasteiger partial charge on any atom is 0.294 e. The summed E-state index contributed by atoms with van der Waals surface area (Å²) in [5.74, 6) is 0.145. The van der Waals surface area contributed by atoms with E-state index in [-0.39, 0.29) is 43.8 Å². The minimum Gasteiger partial charge on any atom is -0.394 e. The van der Waals surface area contributed by atoms with E-state index in [1.165, 1.54) is 17.2 Å². The molecule has 0 amide bonds. The summed E-state index contributed by atoms with van der Waals surface area (Å²) in [6.45, 7) is 16.8. The summed E-state index contributed by atoms with van der Waals surface area (Å²) in [6.07, 6.45) is 10.8. The van der Waals surface area contributed by atoms with E-state index < -0.39 is 10.1 Å². The smallest absolute Gasteiger partial charge is 0.294 e. The van der Waals surface area contributed by atoms with Crippen LogP contribution >= 0.6 is 0 Å². The Morgan fingerprint density at radius 1 is 0.286 bits per heavy atom. The van der Waals surface area contributed by atoms with E-state index in [1.807, 2.05) is 0 Å². The monoisotopic (exact) mass is 1420 g/mol. The first-order valence-corrected chi connectivity index (χ1v) is 36.8. The first kappa shape index (κ1) is 88.5. The average molecular weight is 1420 g/mol. The summed E-state index contributed by atoms with van der Waals surface area (Å²) in [5, 5.41) is 35.5. The van der Waals surface area contributed by atoms with E-state index in [9.17, 15) is 13.0 Å². The highest BCUT2D eigenvalue weighted by Crippen LogP contribution is 2.33. The lowest BCUT2D eigenvalue weighted by atomic mass is 9.86. The molecule has 98 heavy (non-hydrogen) atoms. The zero-order valence-electron chi connectivity index (χ0n) is 58.6. The molecule has 0 heterocycles. The van der Waals surface area contributed by atoms with Gasteiger partial charge in [0.1, 0.15) is 0 Å². The number of benzene rings is 3. The van der Waals surface area contributed by atoms with E-state index in [0.29, 0.717) is 250 Å². The summed E-state index contributed by atoms with van der Waals surface area (Å²) >= 11 is 0. The Morgan fingerprint density at radius 3 is 0.827 bits per heavy atom. The van der Waals surface area contributed by atoms with E-state index in [2.05, 4.69) is 58.3 Å². The van der Waals surface area contributed by atoms with Crippen LogP contribution in [0.5, 0.6) is 0 Å². The van der Waals surface area contributed by atoms with Crippen molar-refractivity contribution in [3.05, 3.63) is 89.5 Å². The molecular formula is C71H122N2O24S. The van der Waals surface area contributed by atoms with E-state index in [4.69, 9.17) is 101 Å². The molecular weight excluding hydrogens is 1300 g/mol. The second kappa shape index (κ2) is 65.4. The van der Waals surface area contributed by atoms with Gasteiger partial charge in [0.2, 0.25) is 0 Å². The van der Waals surface area contributed by atoms with Crippen molar-refractivity contribution in [1.29, 1.82) is 0 Å². The normalized spacial score (nSPS) is 11.9. The van der Waals surface area contributed by atoms with Crippen LogP contribution in [0.15, 0.2) is 77.7 Å². The number of rotatable bonds is 75. The number of aliphatic hydroxyl groups is 4. The van der Waals surface area contributed by atoms with Gasteiger partial charge in [-0.1, -0.05) is 93.8 Å². The molecule has 0 saturated heterocycles. The standard InChI is InChI=1S/C71H122N2O24S/c74-27-36-85-44-52-93-60-56-89-48-40-81-32-23-72(24-33-82-41-49-90-57-61-94-53-45-86-37-28-75)68-19-15-65(16-20-68)70(13-8-6-4-2-1-3-5-7-11-31-97-64-67-12-9-10-14-71(67)98(78,79)80)66-17-21-69(22-18-66)73(25-34-83-42-50-91-58-62-95-54-46-87-38-29-76)26-35-84-43-51-92-59-63-96-55-47-88-39-30-77/h9-10,12,14-22,70,74-77H,1-8,11,13,23-64H2,(H,78,79,80). The number of nitrogens with zero attached hydrogens (tertiary/aromatic N) is 2. The van der Waals surface area contributed by atoms with Gasteiger partial charge in [0, 0.05) is 50.1 Å². The Hall–Kier alpha value is -3.67. The fraction of sp³-hybridized carbons (Fsp3) is 0.746. The van der Waals surface area contributed by atoms with E-state index >= 15 is 0 Å². The van der Waals surface area contributed by atoms with Crippen molar-refractivity contribution in [1.82, 2.24) is 0 Å². The SMILES string of the molecule is O=S(=O)(O)c1ccccc1COCCCCCCCCCCCC(c1ccc(N(CCOCCOCCOCCOCCO)CCOCCOCCOCCOCCO)cc1)c1ccc(N(CCOCCOCCOCCOCCO)CCOCCOCCOCCOCCO)cc1. The number of hydrogen-bond acceptors (Lipinski definition) is 25. The maximum absolute atomic E-state index is 11.8. The van der Waals surface area contributed by atoms with Crippen LogP contribution in [0.4, 0.5) is 11.4 Å². The van der Waals surface area contributed by atoms with Crippen LogP contribution in [-0.4, -0.2) is 304 Å². The zero-order valence-corrected chi connectivity index (χ0v) is 59.4.